The summed E-state index contributed by atoms with van der Waals surface area (Å²) in [6.45, 7) is 12.4. The molecule has 0 aromatic heterocycles. The van der Waals surface area contributed by atoms with E-state index in [2.05, 4.69) is 63.3 Å². The molecule has 19 heavy (non-hydrogen) atoms. The summed E-state index contributed by atoms with van der Waals surface area (Å²) in [5.41, 5.74) is 1.47. The van der Waals surface area contributed by atoms with Crippen LogP contribution in [0, 0.1) is 5.92 Å². The molecule has 1 unspecified atom stereocenters. The van der Waals surface area contributed by atoms with Crippen LogP contribution in [0.3, 0.4) is 0 Å². The molecule has 1 N–H and O–H groups in total. The van der Waals surface area contributed by atoms with E-state index in [1.165, 1.54) is 5.56 Å². The fourth-order valence-corrected chi connectivity index (χ4v) is 2.36. The zero-order valence-electron chi connectivity index (χ0n) is 12.9. The van der Waals surface area contributed by atoms with Crippen LogP contribution in [0.5, 0.6) is 0 Å². The van der Waals surface area contributed by atoms with Crippen LogP contribution >= 0.6 is 0 Å². The van der Waals surface area contributed by atoms with Gasteiger partial charge >= 0.3 is 0 Å². The van der Waals surface area contributed by atoms with E-state index in [0.29, 0.717) is 5.92 Å². The maximum Gasteiger partial charge on any atom is 0.0574 e. The van der Waals surface area contributed by atoms with Crippen molar-refractivity contribution in [3.63, 3.8) is 0 Å². The molecule has 0 aliphatic rings. The van der Waals surface area contributed by atoms with Gasteiger partial charge in [-0.15, -0.1) is 0 Å². The molecule has 2 heteroatoms. The van der Waals surface area contributed by atoms with Crippen molar-refractivity contribution < 1.29 is 4.74 Å². The second-order valence-corrected chi connectivity index (χ2v) is 5.66. The first-order valence-electron chi connectivity index (χ1n) is 7.48. The normalized spacial score (nSPS) is 14.6. The van der Waals surface area contributed by atoms with Gasteiger partial charge in [0, 0.05) is 18.6 Å². The highest BCUT2D eigenvalue weighted by Gasteiger charge is 2.30. The summed E-state index contributed by atoms with van der Waals surface area (Å²) in [5.74, 6) is 0.678. The largest absolute Gasteiger partial charge is 0.381 e. The lowest BCUT2D eigenvalue weighted by atomic mass is 9.78. The van der Waals surface area contributed by atoms with Crippen molar-refractivity contribution in [3.8, 4) is 0 Å². The number of rotatable bonds is 9. The minimum absolute atomic E-state index is 0.0894. The highest BCUT2D eigenvalue weighted by atomic mass is 16.5. The number of nitrogens with one attached hydrogen (secondary N) is 1. The van der Waals surface area contributed by atoms with Gasteiger partial charge in [-0.05, 0) is 31.4 Å². The third-order valence-corrected chi connectivity index (χ3v) is 3.66. The fourth-order valence-electron chi connectivity index (χ4n) is 2.36. The Labute approximate surface area is 118 Å². The lowest BCUT2D eigenvalue weighted by molar-refractivity contribution is 0.0880. The van der Waals surface area contributed by atoms with Crippen molar-refractivity contribution in [1.29, 1.82) is 0 Å². The van der Waals surface area contributed by atoms with Crippen molar-refractivity contribution in [3.05, 3.63) is 35.9 Å². The monoisotopic (exact) mass is 263 g/mol. The van der Waals surface area contributed by atoms with E-state index in [-0.39, 0.29) is 5.41 Å². The van der Waals surface area contributed by atoms with Gasteiger partial charge in [0.15, 0.2) is 0 Å². The minimum atomic E-state index is 0.0894. The third kappa shape index (κ3) is 4.96. The Hall–Kier alpha value is -0.860. The molecule has 0 saturated heterocycles. The van der Waals surface area contributed by atoms with Gasteiger partial charge in [-0.1, -0.05) is 51.1 Å². The topological polar surface area (TPSA) is 21.3 Å². The van der Waals surface area contributed by atoms with Gasteiger partial charge in [-0.2, -0.15) is 0 Å². The van der Waals surface area contributed by atoms with Gasteiger partial charge in [0.25, 0.3) is 0 Å². The average Bonchev–Trinajstić information content (AvgIpc) is 2.43. The third-order valence-electron chi connectivity index (χ3n) is 3.66. The molecule has 0 bridgehead atoms. The molecule has 108 valence electrons. The molecule has 1 atom stereocenters. The Morgan fingerprint density at radius 3 is 2.37 bits per heavy atom. The molecule has 0 fully saturated rings. The molecular weight excluding hydrogens is 234 g/mol. The molecule has 0 amide bonds. The van der Waals surface area contributed by atoms with Gasteiger partial charge in [-0.25, -0.2) is 0 Å². The summed E-state index contributed by atoms with van der Waals surface area (Å²) in [5, 5.41) is 3.60. The molecule has 1 aromatic carbocycles. The molecule has 0 saturated carbocycles. The van der Waals surface area contributed by atoms with Crippen LogP contribution in [0.15, 0.2) is 30.3 Å². The van der Waals surface area contributed by atoms with Gasteiger partial charge in [0.05, 0.1) is 6.61 Å². The molecular formula is C17H29NO. The van der Waals surface area contributed by atoms with Crippen LogP contribution in [0.25, 0.3) is 0 Å². The number of benzene rings is 1. The van der Waals surface area contributed by atoms with Crippen LogP contribution in [0.1, 0.15) is 39.7 Å². The summed E-state index contributed by atoms with van der Waals surface area (Å²) in [4.78, 5) is 0. The smallest absolute Gasteiger partial charge is 0.0574 e. The second-order valence-electron chi connectivity index (χ2n) is 5.66. The summed E-state index contributed by atoms with van der Waals surface area (Å²) in [6, 6.07) is 10.8. The molecule has 0 aliphatic carbocycles. The average molecular weight is 263 g/mol. The highest BCUT2D eigenvalue weighted by Crippen LogP contribution is 2.28. The summed E-state index contributed by atoms with van der Waals surface area (Å²) in [6.07, 6.45) is 1.09. The van der Waals surface area contributed by atoms with E-state index in [4.69, 9.17) is 4.74 Å². The second kappa shape index (κ2) is 8.34. The van der Waals surface area contributed by atoms with Crippen LogP contribution in [0.4, 0.5) is 0 Å². The van der Waals surface area contributed by atoms with E-state index < -0.39 is 0 Å². The van der Waals surface area contributed by atoms with Crippen LogP contribution in [-0.2, 0) is 10.2 Å². The summed E-state index contributed by atoms with van der Waals surface area (Å²) < 4.78 is 5.76. The standard InChI is InChI=1S/C17H29NO/c1-5-17(14-19-6-2,13-18-12-15(3)4)16-10-8-7-9-11-16/h7-11,15,18H,5-6,12-14H2,1-4H3. The van der Waals surface area contributed by atoms with Gasteiger partial charge in [0.2, 0.25) is 0 Å². The number of ether oxygens (including phenoxy) is 1. The number of hydrogen-bond acceptors (Lipinski definition) is 2. The zero-order chi connectivity index (χ0) is 14.1. The van der Waals surface area contributed by atoms with Gasteiger partial charge < -0.3 is 10.1 Å². The minimum Gasteiger partial charge on any atom is -0.381 e. The van der Waals surface area contributed by atoms with Crippen molar-refractivity contribution in [2.45, 2.75) is 39.5 Å². The van der Waals surface area contributed by atoms with Crippen molar-refractivity contribution >= 4 is 0 Å². The quantitative estimate of drug-likeness (QED) is 0.735. The lowest BCUT2D eigenvalue weighted by Gasteiger charge is -2.34. The first-order valence-corrected chi connectivity index (χ1v) is 7.48. The Kier molecular flexibility index (Phi) is 7.11. The Morgan fingerprint density at radius 1 is 1.16 bits per heavy atom. The molecule has 1 aromatic rings. The predicted molar refractivity (Wildman–Crippen MR) is 82.6 cm³/mol. The van der Waals surface area contributed by atoms with E-state index in [9.17, 15) is 0 Å². The first-order chi connectivity index (χ1) is 9.14. The van der Waals surface area contributed by atoms with E-state index in [1.54, 1.807) is 0 Å². The Bertz CT molecular complexity index is 336. The highest BCUT2D eigenvalue weighted by molar-refractivity contribution is 5.26. The molecule has 1 rings (SSSR count). The lowest BCUT2D eigenvalue weighted by Crippen LogP contribution is -2.42. The summed E-state index contributed by atoms with van der Waals surface area (Å²) in [7, 11) is 0. The Morgan fingerprint density at radius 2 is 1.84 bits per heavy atom. The van der Waals surface area contributed by atoms with Gasteiger partial charge in [0.1, 0.15) is 0 Å². The van der Waals surface area contributed by atoms with Crippen molar-refractivity contribution in [1.82, 2.24) is 5.32 Å². The van der Waals surface area contributed by atoms with Crippen LogP contribution in [-0.4, -0.2) is 26.3 Å². The predicted octanol–water partition coefficient (Wildman–Crippen LogP) is 3.62. The molecule has 0 spiro atoms. The first kappa shape index (κ1) is 16.2. The number of hydrogen-bond donors (Lipinski definition) is 1. The van der Waals surface area contributed by atoms with E-state index in [0.717, 1.165) is 32.7 Å². The molecule has 0 heterocycles. The maximum absolute atomic E-state index is 5.76. The fraction of sp³-hybridized carbons (Fsp3) is 0.647. The summed E-state index contributed by atoms with van der Waals surface area (Å²) >= 11 is 0. The van der Waals surface area contributed by atoms with Crippen LogP contribution in [0.2, 0.25) is 0 Å². The Balaban J connectivity index is 2.81. The van der Waals surface area contributed by atoms with E-state index in [1.807, 2.05) is 0 Å². The molecule has 2 nitrogen and oxygen atoms in total. The van der Waals surface area contributed by atoms with Crippen molar-refractivity contribution in [2.24, 2.45) is 5.92 Å². The molecule has 0 aliphatic heterocycles. The van der Waals surface area contributed by atoms with Gasteiger partial charge in [-0.3, -0.25) is 0 Å². The SMILES string of the molecule is CCOCC(CC)(CNCC(C)C)c1ccccc1. The van der Waals surface area contributed by atoms with E-state index >= 15 is 0 Å². The maximum atomic E-state index is 5.76. The van der Waals surface area contributed by atoms with Crippen LogP contribution < -0.4 is 5.32 Å². The molecule has 0 radical (unpaired) electrons. The zero-order valence-corrected chi connectivity index (χ0v) is 12.9. The van der Waals surface area contributed by atoms with Crippen molar-refractivity contribution in [2.75, 3.05) is 26.3 Å².